The molecule has 0 aliphatic carbocycles. The van der Waals surface area contributed by atoms with Gasteiger partial charge < -0.3 is 9.47 Å². The largest absolute Gasteiger partial charge is 0.497 e. The number of hydrogen-bond acceptors (Lipinski definition) is 6. The first-order valence-corrected chi connectivity index (χ1v) is 8.75. The molecule has 0 atom stereocenters. The highest BCUT2D eigenvalue weighted by atomic mass is 32.2. The number of hydrogen-bond donors (Lipinski definition) is 1. The standard InChI is InChI=1S/C16H16N4O4S/c1-23-13-7-3-11(4-8-13)15-18-16(24-2)19-20(15)12-5-9-14(10-6-12)25(17,21)22/h3-10H,1-2H3,(H2,17,21,22). The zero-order valence-electron chi connectivity index (χ0n) is 13.6. The number of methoxy groups -OCH3 is 2. The van der Waals surface area contributed by atoms with Gasteiger partial charge in [-0.2, -0.15) is 4.98 Å². The predicted octanol–water partition coefficient (Wildman–Crippen LogP) is 1.60. The Hall–Kier alpha value is -2.91. The van der Waals surface area contributed by atoms with Crippen LogP contribution in [0.3, 0.4) is 0 Å². The minimum absolute atomic E-state index is 0.0225. The Morgan fingerprint density at radius 2 is 1.60 bits per heavy atom. The van der Waals surface area contributed by atoms with Gasteiger partial charge in [0.05, 0.1) is 24.8 Å². The molecule has 9 heteroatoms. The molecule has 0 bridgehead atoms. The predicted molar refractivity (Wildman–Crippen MR) is 91.3 cm³/mol. The van der Waals surface area contributed by atoms with Crippen LogP contribution in [0.2, 0.25) is 0 Å². The van der Waals surface area contributed by atoms with E-state index in [4.69, 9.17) is 14.6 Å². The van der Waals surface area contributed by atoms with Crippen molar-refractivity contribution in [3.63, 3.8) is 0 Å². The van der Waals surface area contributed by atoms with Crippen molar-refractivity contribution in [3.8, 4) is 28.8 Å². The van der Waals surface area contributed by atoms with E-state index in [2.05, 4.69) is 10.1 Å². The van der Waals surface area contributed by atoms with Gasteiger partial charge in [-0.3, -0.25) is 0 Å². The van der Waals surface area contributed by atoms with Crippen LogP contribution in [-0.2, 0) is 10.0 Å². The molecular formula is C16H16N4O4S. The summed E-state index contributed by atoms with van der Waals surface area (Å²) in [5.74, 6) is 1.27. The molecule has 0 fully saturated rings. The zero-order valence-corrected chi connectivity index (χ0v) is 14.4. The lowest BCUT2D eigenvalue weighted by atomic mass is 10.2. The molecule has 0 unspecified atom stereocenters. The highest BCUT2D eigenvalue weighted by Gasteiger charge is 2.15. The molecule has 0 spiro atoms. The Kier molecular flexibility index (Phi) is 4.43. The van der Waals surface area contributed by atoms with Crippen molar-refractivity contribution in [2.24, 2.45) is 5.14 Å². The lowest BCUT2D eigenvalue weighted by molar-refractivity contribution is 0.380. The molecule has 2 N–H and O–H groups in total. The van der Waals surface area contributed by atoms with Crippen molar-refractivity contribution in [3.05, 3.63) is 48.5 Å². The zero-order chi connectivity index (χ0) is 18.0. The smallest absolute Gasteiger partial charge is 0.336 e. The van der Waals surface area contributed by atoms with Crippen molar-refractivity contribution in [2.45, 2.75) is 4.90 Å². The molecule has 0 amide bonds. The lowest BCUT2D eigenvalue weighted by Crippen LogP contribution is -2.12. The summed E-state index contributed by atoms with van der Waals surface area (Å²) >= 11 is 0. The number of nitrogens with zero attached hydrogens (tertiary/aromatic N) is 3. The van der Waals surface area contributed by atoms with Crippen LogP contribution in [0, 0.1) is 0 Å². The Morgan fingerprint density at radius 3 is 2.12 bits per heavy atom. The lowest BCUT2D eigenvalue weighted by Gasteiger charge is -2.07. The quantitative estimate of drug-likeness (QED) is 0.740. The molecule has 3 aromatic rings. The summed E-state index contributed by atoms with van der Waals surface area (Å²) < 4.78 is 34.6. The van der Waals surface area contributed by atoms with Gasteiger partial charge in [0.1, 0.15) is 5.75 Å². The first kappa shape index (κ1) is 16.9. The van der Waals surface area contributed by atoms with Crippen LogP contribution >= 0.6 is 0 Å². The second kappa shape index (κ2) is 6.54. The number of nitrogens with two attached hydrogens (primary N) is 1. The fraction of sp³-hybridized carbons (Fsp3) is 0.125. The van der Waals surface area contributed by atoms with Crippen LogP contribution < -0.4 is 14.6 Å². The number of aromatic nitrogens is 3. The van der Waals surface area contributed by atoms with E-state index >= 15 is 0 Å². The third-order valence-corrected chi connectivity index (χ3v) is 4.46. The van der Waals surface area contributed by atoms with Crippen LogP contribution in [0.1, 0.15) is 0 Å². The van der Waals surface area contributed by atoms with E-state index in [0.29, 0.717) is 11.5 Å². The van der Waals surface area contributed by atoms with Gasteiger partial charge in [-0.05, 0) is 48.5 Å². The van der Waals surface area contributed by atoms with Gasteiger partial charge in [0, 0.05) is 5.56 Å². The van der Waals surface area contributed by atoms with E-state index in [1.54, 1.807) is 23.9 Å². The van der Waals surface area contributed by atoms with Crippen LogP contribution in [0.4, 0.5) is 0 Å². The van der Waals surface area contributed by atoms with E-state index in [1.165, 1.54) is 19.2 Å². The molecular weight excluding hydrogens is 344 g/mol. The van der Waals surface area contributed by atoms with E-state index in [-0.39, 0.29) is 10.9 Å². The average Bonchev–Trinajstić information content (AvgIpc) is 3.05. The molecule has 130 valence electrons. The molecule has 0 radical (unpaired) electrons. The number of ether oxygens (including phenoxy) is 2. The molecule has 1 heterocycles. The highest BCUT2D eigenvalue weighted by Crippen LogP contribution is 2.25. The maximum absolute atomic E-state index is 11.4. The van der Waals surface area contributed by atoms with Gasteiger partial charge in [0.15, 0.2) is 5.82 Å². The summed E-state index contributed by atoms with van der Waals surface area (Å²) in [6.07, 6.45) is 0. The average molecular weight is 360 g/mol. The summed E-state index contributed by atoms with van der Waals surface area (Å²) in [6.45, 7) is 0. The normalized spacial score (nSPS) is 11.3. The first-order valence-electron chi connectivity index (χ1n) is 7.21. The topological polar surface area (TPSA) is 109 Å². The Balaban J connectivity index is 2.08. The molecule has 0 aliphatic heterocycles. The summed E-state index contributed by atoms with van der Waals surface area (Å²) in [7, 11) is -0.690. The van der Waals surface area contributed by atoms with E-state index in [0.717, 1.165) is 11.3 Å². The molecule has 0 saturated carbocycles. The van der Waals surface area contributed by atoms with Crippen molar-refractivity contribution >= 4 is 10.0 Å². The molecule has 25 heavy (non-hydrogen) atoms. The second-order valence-corrected chi connectivity index (χ2v) is 6.66. The van der Waals surface area contributed by atoms with Gasteiger partial charge in [-0.25, -0.2) is 18.2 Å². The van der Waals surface area contributed by atoms with Crippen molar-refractivity contribution in [1.29, 1.82) is 0 Å². The van der Waals surface area contributed by atoms with E-state index in [1.807, 2.05) is 24.3 Å². The van der Waals surface area contributed by atoms with Gasteiger partial charge in [-0.15, -0.1) is 5.10 Å². The fourth-order valence-corrected chi connectivity index (χ4v) is 2.78. The van der Waals surface area contributed by atoms with Crippen molar-refractivity contribution in [2.75, 3.05) is 14.2 Å². The summed E-state index contributed by atoms with van der Waals surface area (Å²) in [4.78, 5) is 4.37. The molecule has 8 nitrogen and oxygen atoms in total. The van der Waals surface area contributed by atoms with Gasteiger partial charge in [-0.1, -0.05) is 0 Å². The van der Waals surface area contributed by atoms with Crippen LogP contribution in [0.25, 0.3) is 17.1 Å². The van der Waals surface area contributed by atoms with Gasteiger partial charge in [0.25, 0.3) is 0 Å². The number of benzene rings is 2. The van der Waals surface area contributed by atoms with E-state index in [9.17, 15) is 8.42 Å². The SMILES string of the molecule is COc1ccc(-c2nc(OC)nn2-c2ccc(S(N)(=O)=O)cc2)cc1. The fourth-order valence-electron chi connectivity index (χ4n) is 2.26. The second-order valence-electron chi connectivity index (χ2n) is 5.10. The third kappa shape index (κ3) is 3.47. The Labute approximate surface area is 144 Å². The summed E-state index contributed by atoms with van der Waals surface area (Å²) in [6, 6.07) is 13.5. The van der Waals surface area contributed by atoms with Gasteiger partial charge in [0.2, 0.25) is 10.0 Å². The molecule has 0 saturated heterocycles. The minimum atomic E-state index is -3.76. The Morgan fingerprint density at radius 1 is 0.960 bits per heavy atom. The van der Waals surface area contributed by atoms with Crippen molar-refractivity contribution in [1.82, 2.24) is 14.8 Å². The maximum Gasteiger partial charge on any atom is 0.336 e. The molecule has 3 rings (SSSR count). The Bertz CT molecular complexity index is 980. The number of sulfonamides is 1. The number of rotatable bonds is 5. The van der Waals surface area contributed by atoms with Crippen LogP contribution in [-0.4, -0.2) is 37.4 Å². The molecule has 2 aromatic carbocycles. The summed E-state index contributed by atoms with van der Waals surface area (Å²) in [5, 5.41) is 9.41. The summed E-state index contributed by atoms with van der Waals surface area (Å²) in [5.41, 5.74) is 1.42. The number of primary sulfonamides is 1. The van der Waals surface area contributed by atoms with Crippen molar-refractivity contribution < 1.29 is 17.9 Å². The first-order chi connectivity index (χ1) is 11.9. The third-order valence-electron chi connectivity index (χ3n) is 3.53. The molecule has 1 aromatic heterocycles. The van der Waals surface area contributed by atoms with E-state index < -0.39 is 10.0 Å². The molecule has 0 aliphatic rings. The maximum atomic E-state index is 11.4. The van der Waals surface area contributed by atoms with Gasteiger partial charge >= 0.3 is 6.01 Å². The minimum Gasteiger partial charge on any atom is -0.497 e. The van der Waals surface area contributed by atoms with Crippen LogP contribution in [0.5, 0.6) is 11.8 Å². The monoisotopic (exact) mass is 360 g/mol. The highest BCUT2D eigenvalue weighted by molar-refractivity contribution is 7.89. The van der Waals surface area contributed by atoms with Crippen LogP contribution in [0.15, 0.2) is 53.4 Å².